The molecular formula is C19H21N9O4S3. The van der Waals surface area contributed by atoms with Gasteiger partial charge in [0, 0.05) is 24.2 Å². The van der Waals surface area contributed by atoms with Crippen molar-refractivity contribution in [1.29, 1.82) is 0 Å². The Kier molecular flexibility index (Phi) is 7.25. The first-order valence-corrected chi connectivity index (χ1v) is 12.6. The van der Waals surface area contributed by atoms with Crippen LogP contribution in [0.15, 0.2) is 40.7 Å². The standard InChI is InChI=1S/C19H21N9O4S3/c1-27-19(24-25-26-27)35-7-9-6-34-16-12(15(30)28(16)13(9)17(31)32)23-14(29)11(20)8-2-4-10(5-3-8)22-18(21)33/h2-5,11-12,16H,6-7,20H2,1H3,(H,23,29)(H,31,32)(H3,21,22,33)/t11?,12?,16-/m1/s1. The molecule has 2 unspecified atom stereocenters. The lowest BCUT2D eigenvalue weighted by molar-refractivity contribution is -0.150. The summed E-state index contributed by atoms with van der Waals surface area (Å²) in [6.45, 7) is 0. The number of thiocarbonyl (C=S) groups is 1. The molecule has 184 valence electrons. The smallest absolute Gasteiger partial charge is 0.352 e. The maximum Gasteiger partial charge on any atom is 0.352 e. The van der Waals surface area contributed by atoms with Crippen molar-refractivity contribution in [2.45, 2.75) is 22.6 Å². The fourth-order valence-electron chi connectivity index (χ4n) is 3.60. The highest BCUT2D eigenvalue weighted by molar-refractivity contribution is 8.01. The normalized spacial score (nSPS) is 20.1. The van der Waals surface area contributed by atoms with Gasteiger partial charge in [-0.15, -0.1) is 16.9 Å². The van der Waals surface area contributed by atoms with Crippen LogP contribution in [0.2, 0.25) is 0 Å². The molecule has 4 rings (SSSR count). The third kappa shape index (κ3) is 5.09. The number of carbonyl (C=O) groups excluding carboxylic acids is 2. The molecule has 0 radical (unpaired) electrons. The van der Waals surface area contributed by atoms with Crippen LogP contribution >= 0.6 is 35.7 Å². The van der Waals surface area contributed by atoms with Gasteiger partial charge >= 0.3 is 5.97 Å². The van der Waals surface area contributed by atoms with Crippen LogP contribution in [0.5, 0.6) is 0 Å². The zero-order chi connectivity index (χ0) is 25.3. The van der Waals surface area contributed by atoms with Crippen molar-refractivity contribution in [1.82, 2.24) is 30.4 Å². The molecule has 3 heterocycles. The van der Waals surface area contributed by atoms with E-state index in [0.717, 1.165) is 0 Å². The van der Waals surface area contributed by atoms with Crippen molar-refractivity contribution >= 4 is 64.3 Å². The van der Waals surface area contributed by atoms with Gasteiger partial charge in [-0.05, 0) is 45.9 Å². The first-order valence-electron chi connectivity index (χ1n) is 10.1. The number of thioether (sulfide) groups is 2. The highest BCUT2D eigenvalue weighted by Crippen LogP contribution is 2.41. The summed E-state index contributed by atoms with van der Waals surface area (Å²) >= 11 is 7.44. The minimum absolute atomic E-state index is 0.0721. The summed E-state index contributed by atoms with van der Waals surface area (Å²) in [5.41, 5.74) is 13.2. The van der Waals surface area contributed by atoms with Crippen molar-refractivity contribution in [2.24, 2.45) is 18.5 Å². The van der Waals surface area contributed by atoms with E-state index in [9.17, 15) is 19.5 Å². The van der Waals surface area contributed by atoms with E-state index < -0.39 is 35.2 Å². The summed E-state index contributed by atoms with van der Waals surface area (Å²) in [6, 6.07) is 4.75. The van der Waals surface area contributed by atoms with Gasteiger partial charge in [0.15, 0.2) is 5.11 Å². The predicted octanol–water partition coefficient (Wildman–Crippen LogP) is -0.604. The molecule has 2 amide bonds. The van der Waals surface area contributed by atoms with Crippen molar-refractivity contribution in [3.05, 3.63) is 41.1 Å². The van der Waals surface area contributed by atoms with E-state index in [0.29, 0.717) is 33.5 Å². The van der Waals surface area contributed by atoms with Gasteiger partial charge in [0.1, 0.15) is 23.2 Å². The number of carboxylic acids is 1. The Bertz CT molecular complexity index is 1220. The maximum absolute atomic E-state index is 12.9. The summed E-state index contributed by atoms with van der Waals surface area (Å²) < 4.78 is 1.48. The Labute approximate surface area is 213 Å². The first-order chi connectivity index (χ1) is 16.7. The number of nitrogens with zero attached hydrogens (tertiary/aromatic N) is 5. The number of amides is 2. The molecule has 13 nitrogen and oxygen atoms in total. The molecule has 0 aliphatic carbocycles. The van der Waals surface area contributed by atoms with Crippen molar-refractivity contribution in [3.63, 3.8) is 0 Å². The molecule has 1 fully saturated rings. The predicted molar refractivity (Wildman–Crippen MR) is 133 cm³/mol. The molecule has 16 heteroatoms. The van der Waals surface area contributed by atoms with Crippen LogP contribution in [-0.4, -0.2) is 76.0 Å². The molecular weight excluding hydrogens is 514 g/mol. The maximum atomic E-state index is 12.9. The van der Waals surface area contributed by atoms with E-state index in [1.165, 1.54) is 33.1 Å². The second-order valence-electron chi connectivity index (χ2n) is 7.62. The lowest BCUT2D eigenvalue weighted by atomic mass is 10.0. The number of tetrazole rings is 1. The number of rotatable bonds is 8. The summed E-state index contributed by atoms with van der Waals surface area (Å²) in [5, 5.41) is 26.5. The average Bonchev–Trinajstić information content (AvgIpc) is 3.24. The Morgan fingerprint density at radius 1 is 1.37 bits per heavy atom. The van der Waals surface area contributed by atoms with Gasteiger partial charge in [-0.25, -0.2) is 9.48 Å². The zero-order valence-corrected chi connectivity index (χ0v) is 20.7. The largest absolute Gasteiger partial charge is 0.477 e. The summed E-state index contributed by atoms with van der Waals surface area (Å²) in [6.07, 6.45) is 0. The second kappa shape index (κ2) is 10.2. The molecule has 0 bridgehead atoms. The SMILES string of the molecule is Cn1nnnc1SCC1=C(C(=O)O)N2C(=O)C(NC(=O)C(N)c3ccc(NC(N)=S)cc3)[C@H]2SC1. The Morgan fingerprint density at radius 2 is 2.09 bits per heavy atom. The van der Waals surface area contributed by atoms with Gasteiger partial charge in [0.2, 0.25) is 11.1 Å². The lowest BCUT2D eigenvalue weighted by Crippen LogP contribution is -2.71. The molecule has 35 heavy (non-hydrogen) atoms. The number of β-lactam (4-membered cyclic amide) rings is 1. The molecule has 7 N–H and O–H groups in total. The number of aryl methyl sites for hydroxylation is 1. The number of carbonyl (C=O) groups is 3. The Morgan fingerprint density at radius 3 is 2.69 bits per heavy atom. The minimum Gasteiger partial charge on any atom is -0.477 e. The van der Waals surface area contributed by atoms with Gasteiger partial charge in [0.25, 0.3) is 5.91 Å². The zero-order valence-electron chi connectivity index (χ0n) is 18.2. The van der Waals surface area contributed by atoms with Crippen LogP contribution in [-0.2, 0) is 21.4 Å². The number of nitrogens with two attached hydrogens (primary N) is 2. The fraction of sp³-hybridized carbons (Fsp3) is 0.316. The molecule has 0 spiro atoms. The number of anilines is 1. The Hall–Kier alpha value is -3.21. The average molecular weight is 536 g/mol. The van der Waals surface area contributed by atoms with E-state index in [1.54, 1.807) is 31.3 Å². The lowest BCUT2D eigenvalue weighted by Gasteiger charge is -2.49. The van der Waals surface area contributed by atoms with Crippen molar-refractivity contribution in [3.8, 4) is 0 Å². The minimum atomic E-state index is -1.21. The third-order valence-corrected chi connectivity index (χ3v) is 7.86. The van der Waals surface area contributed by atoms with Crippen LogP contribution in [0.25, 0.3) is 0 Å². The number of fused-ring (bicyclic) bond motifs is 1. The molecule has 1 aromatic heterocycles. The van der Waals surface area contributed by atoms with Crippen LogP contribution in [0.1, 0.15) is 11.6 Å². The van der Waals surface area contributed by atoms with E-state index in [4.69, 9.17) is 23.7 Å². The van der Waals surface area contributed by atoms with Crippen molar-refractivity contribution < 1.29 is 19.5 Å². The van der Waals surface area contributed by atoms with Gasteiger partial charge in [-0.2, -0.15) is 0 Å². The highest BCUT2D eigenvalue weighted by Gasteiger charge is 2.54. The van der Waals surface area contributed by atoms with Gasteiger partial charge in [-0.3, -0.25) is 14.5 Å². The quantitative estimate of drug-likeness (QED) is 0.163. The molecule has 1 aromatic carbocycles. The van der Waals surface area contributed by atoms with Gasteiger partial charge in [-0.1, -0.05) is 23.9 Å². The van der Waals surface area contributed by atoms with Crippen LogP contribution in [0.3, 0.4) is 0 Å². The molecule has 1 saturated heterocycles. The number of aliphatic carboxylic acids is 1. The second-order valence-corrected chi connectivity index (χ2v) is 10.1. The van der Waals surface area contributed by atoms with Crippen LogP contribution in [0, 0.1) is 0 Å². The summed E-state index contributed by atoms with van der Waals surface area (Å²) in [4.78, 5) is 38.8. The first kappa shape index (κ1) is 24.9. The molecule has 2 aromatic rings. The summed E-state index contributed by atoms with van der Waals surface area (Å²) in [7, 11) is 1.68. The number of aromatic nitrogens is 4. The van der Waals surface area contributed by atoms with Crippen LogP contribution < -0.4 is 22.1 Å². The van der Waals surface area contributed by atoms with E-state index in [-0.39, 0.29) is 10.8 Å². The molecule has 0 saturated carbocycles. The number of benzene rings is 1. The third-order valence-electron chi connectivity index (χ3n) is 5.32. The fourth-order valence-corrected chi connectivity index (χ4v) is 6.05. The van der Waals surface area contributed by atoms with Gasteiger partial charge in [0.05, 0.1) is 0 Å². The Balaban J connectivity index is 1.42. The van der Waals surface area contributed by atoms with E-state index >= 15 is 0 Å². The van der Waals surface area contributed by atoms with Crippen LogP contribution in [0.4, 0.5) is 5.69 Å². The number of nitrogens with one attached hydrogen (secondary N) is 2. The topological polar surface area (TPSA) is 194 Å². The number of hydrogen-bond acceptors (Lipinski definition) is 10. The number of carboxylic acid groups (broad SMARTS) is 1. The number of hydrogen-bond donors (Lipinski definition) is 5. The highest BCUT2D eigenvalue weighted by atomic mass is 32.2. The van der Waals surface area contributed by atoms with Crippen molar-refractivity contribution in [2.75, 3.05) is 16.8 Å². The molecule has 2 aliphatic heterocycles. The van der Waals surface area contributed by atoms with E-state index in [2.05, 4.69) is 26.2 Å². The van der Waals surface area contributed by atoms with Gasteiger partial charge < -0.3 is 27.2 Å². The van der Waals surface area contributed by atoms with E-state index in [1.807, 2.05) is 0 Å². The molecule has 2 aliphatic rings. The molecule has 3 atom stereocenters. The summed E-state index contributed by atoms with van der Waals surface area (Å²) in [5.74, 6) is -1.57. The monoisotopic (exact) mass is 535 g/mol.